The van der Waals surface area contributed by atoms with E-state index < -0.39 is 17.5 Å². The lowest BCUT2D eigenvalue weighted by atomic mass is 10.0. The van der Waals surface area contributed by atoms with E-state index in [1.165, 1.54) is 0 Å². The minimum absolute atomic E-state index is 0.0186. The SMILES string of the molecule is COc1cccc(C(CNC(=O)c2cc(F)cc(F)c2)N2CCCC2)c1. The highest BCUT2D eigenvalue weighted by Gasteiger charge is 2.24. The molecule has 1 N–H and O–H groups in total. The zero-order chi connectivity index (χ0) is 18.5. The van der Waals surface area contributed by atoms with E-state index in [1.54, 1.807) is 7.11 Å². The second kappa shape index (κ2) is 8.27. The summed E-state index contributed by atoms with van der Waals surface area (Å²) in [6, 6.07) is 10.6. The Morgan fingerprint density at radius 1 is 1.15 bits per heavy atom. The fraction of sp³-hybridized carbons (Fsp3) is 0.350. The minimum Gasteiger partial charge on any atom is -0.497 e. The van der Waals surface area contributed by atoms with Crippen molar-refractivity contribution in [2.75, 3.05) is 26.7 Å². The molecule has 6 heteroatoms. The van der Waals surface area contributed by atoms with Crippen LogP contribution >= 0.6 is 0 Å². The lowest BCUT2D eigenvalue weighted by molar-refractivity contribution is 0.0937. The number of rotatable bonds is 6. The van der Waals surface area contributed by atoms with Crippen molar-refractivity contribution in [1.82, 2.24) is 10.2 Å². The Kier molecular flexibility index (Phi) is 5.83. The highest BCUT2D eigenvalue weighted by atomic mass is 19.1. The van der Waals surface area contributed by atoms with Crippen LogP contribution in [0.3, 0.4) is 0 Å². The third-order valence-corrected chi connectivity index (χ3v) is 4.64. The number of halogens is 2. The summed E-state index contributed by atoms with van der Waals surface area (Å²) in [6.07, 6.45) is 2.23. The number of benzene rings is 2. The molecule has 1 saturated heterocycles. The van der Waals surface area contributed by atoms with Crippen LogP contribution in [-0.2, 0) is 0 Å². The summed E-state index contributed by atoms with van der Waals surface area (Å²) < 4.78 is 32.0. The molecular formula is C20H22F2N2O2. The second-order valence-electron chi connectivity index (χ2n) is 6.40. The number of carbonyl (C=O) groups excluding carboxylic acids is 1. The van der Waals surface area contributed by atoms with E-state index in [0.717, 1.165) is 55.4 Å². The van der Waals surface area contributed by atoms with Crippen LogP contribution in [-0.4, -0.2) is 37.6 Å². The maximum Gasteiger partial charge on any atom is 0.251 e. The maximum absolute atomic E-state index is 13.3. The van der Waals surface area contributed by atoms with Gasteiger partial charge in [0, 0.05) is 18.2 Å². The molecule has 1 atom stereocenters. The van der Waals surface area contributed by atoms with Gasteiger partial charge in [0.15, 0.2) is 0 Å². The molecule has 0 aliphatic carbocycles. The molecule has 2 aromatic rings. The van der Waals surface area contributed by atoms with Crippen LogP contribution in [0.25, 0.3) is 0 Å². The molecule has 4 nitrogen and oxygen atoms in total. The predicted octanol–water partition coefficient (Wildman–Crippen LogP) is 3.54. The van der Waals surface area contributed by atoms with E-state index in [9.17, 15) is 13.6 Å². The lowest BCUT2D eigenvalue weighted by Gasteiger charge is -2.28. The number of hydrogen-bond donors (Lipinski definition) is 1. The number of hydrogen-bond acceptors (Lipinski definition) is 3. The van der Waals surface area contributed by atoms with Gasteiger partial charge in [-0.1, -0.05) is 12.1 Å². The first kappa shape index (κ1) is 18.3. The summed E-state index contributed by atoms with van der Waals surface area (Å²) in [6.45, 7) is 2.25. The Morgan fingerprint density at radius 2 is 1.85 bits per heavy atom. The Bertz CT molecular complexity index is 756. The fourth-order valence-corrected chi connectivity index (χ4v) is 3.34. The first-order valence-electron chi connectivity index (χ1n) is 8.69. The molecule has 1 fully saturated rings. The lowest BCUT2D eigenvalue weighted by Crippen LogP contribution is -2.36. The Morgan fingerprint density at radius 3 is 2.50 bits per heavy atom. The van der Waals surface area contributed by atoms with E-state index in [1.807, 2.05) is 24.3 Å². The molecule has 1 amide bonds. The second-order valence-corrected chi connectivity index (χ2v) is 6.40. The van der Waals surface area contributed by atoms with Crippen LogP contribution in [0.5, 0.6) is 5.75 Å². The molecule has 0 radical (unpaired) electrons. The number of amides is 1. The van der Waals surface area contributed by atoms with Gasteiger partial charge < -0.3 is 10.1 Å². The highest BCUT2D eigenvalue weighted by Crippen LogP contribution is 2.27. The van der Waals surface area contributed by atoms with Crippen LogP contribution in [0.4, 0.5) is 8.78 Å². The van der Waals surface area contributed by atoms with Crippen LogP contribution in [0.2, 0.25) is 0 Å². The van der Waals surface area contributed by atoms with E-state index >= 15 is 0 Å². The van der Waals surface area contributed by atoms with E-state index in [-0.39, 0.29) is 11.6 Å². The summed E-state index contributed by atoms with van der Waals surface area (Å²) in [5.74, 6) is -1.27. The Balaban J connectivity index is 1.76. The molecule has 3 rings (SSSR count). The van der Waals surface area contributed by atoms with E-state index in [0.29, 0.717) is 6.54 Å². The smallest absolute Gasteiger partial charge is 0.251 e. The number of carbonyl (C=O) groups is 1. The summed E-state index contributed by atoms with van der Waals surface area (Å²) in [5, 5.41) is 2.81. The quantitative estimate of drug-likeness (QED) is 0.857. The van der Waals surface area contributed by atoms with Gasteiger partial charge in [-0.05, 0) is 55.8 Å². The van der Waals surface area contributed by atoms with E-state index in [4.69, 9.17) is 4.74 Å². The van der Waals surface area contributed by atoms with Gasteiger partial charge >= 0.3 is 0 Å². The van der Waals surface area contributed by atoms with Crippen molar-refractivity contribution in [1.29, 1.82) is 0 Å². The zero-order valence-electron chi connectivity index (χ0n) is 14.7. The van der Waals surface area contributed by atoms with Crippen molar-refractivity contribution in [2.24, 2.45) is 0 Å². The molecule has 0 bridgehead atoms. The molecule has 0 saturated carbocycles. The van der Waals surface area contributed by atoms with E-state index in [2.05, 4.69) is 10.2 Å². The molecule has 0 spiro atoms. The van der Waals surface area contributed by atoms with Gasteiger partial charge in [0.25, 0.3) is 5.91 Å². The summed E-state index contributed by atoms with van der Waals surface area (Å²) >= 11 is 0. The number of ether oxygens (including phenoxy) is 1. The normalized spacial score (nSPS) is 15.7. The molecule has 1 aliphatic heterocycles. The van der Waals surface area contributed by atoms with Crippen molar-refractivity contribution in [3.8, 4) is 5.75 Å². The Hall–Kier alpha value is -2.47. The average Bonchev–Trinajstić information content (AvgIpc) is 3.15. The van der Waals surface area contributed by atoms with Gasteiger partial charge in [0.1, 0.15) is 17.4 Å². The molecule has 1 aliphatic rings. The van der Waals surface area contributed by atoms with Crippen LogP contribution < -0.4 is 10.1 Å². The van der Waals surface area contributed by atoms with Gasteiger partial charge in [-0.25, -0.2) is 8.78 Å². The summed E-state index contributed by atoms with van der Waals surface area (Å²) in [5.41, 5.74) is 1.02. The predicted molar refractivity (Wildman–Crippen MR) is 95.2 cm³/mol. The Labute approximate surface area is 151 Å². The summed E-state index contributed by atoms with van der Waals surface area (Å²) in [4.78, 5) is 14.6. The minimum atomic E-state index is -0.765. The van der Waals surface area contributed by atoms with Gasteiger partial charge in [0.05, 0.1) is 13.2 Å². The summed E-state index contributed by atoms with van der Waals surface area (Å²) in [7, 11) is 1.62. The highest BCUT2D eigenvalue weighted by molar-refractivity contribution is 5.94. The molecule has 0 aromatic heterocycles. The van der Waals surface area contributed by atoms with Crippen LogP contribution in [0.15, 0.2) is 42.5 Å². The van der Waals surface area contributed by atoms with Crippen molar-refractivity contribution >= 4 is 5.91 Å². The number of nitrogens with one attached hydrogen (secondary N) is 1. The van der Waals surface area contributed by atoms with Crippen LogP contribution in [0, 0.1) is 11.6 Å². The molecular weight excluding hydrogens is 338 g/mol. The van der Waals surface area contributed by atoms with Crippen molar-refractivity contribution in [3.05, 3.63) is 65.2 Å². The third-order valence-electron chi connectivity index (χ3n) is 4.64. The fourth-order valence-electron chi connectivity index (χ4n) is 3.34. The van der Waals surface area contributed by atoms with Crippen molar-refractivity contribution in [3.63, 3.8) is 0 Å². The standard InChI is InChI=1S/C20H22F2N2O2/c1-26-18-6-4-5-14(11-18)19(24-7-2-3-8-24)13-23-20(25)15-9-16(21)12-17(22)10-15/h4-6,9-12,19H,2-3,7-8,13H2,1H3,(H,23,25). The van der Waals surface area contributed by atoms with Crippen LogP contribution in [0.1, 0.15) is 34.8 Å². The molecule has 26 heavy (non-hydrogen) atoms. The molecule has 1 unspecified atom stereocenters. The van der Waals surface area contributed by atoms with Gasteiger partial charge in [-0.15, -0.1) is 0 Å². The average molecular weight is 360 g/mol. The molecule has 1 heterocycles. The first-order valence-corrected chi connectivity index (χ1v) is 8.69. The first-order chi connectivity index (χ1) is 12.6. The molecule has 2 aromatic carbocycles. The third kappa shape index (κ3) is 4.38. The molecule has 138 valence electrons. The monoisotopic (exact) mass is 360 g/mol. The van der Waals surface area contributed by atoms with Gasteiger partial charge in [-0.3, -0.25) is 9.69 Å². The van der Waals surface area contributed by atoms with Crippen molar-refractivity contribution in [2.45, 2.75) is 18.9 Å². The maximum atomic E-state index is 13.3. The van der Waals surface area contributed by atoms with Gasteiger partial charge in [0.2, 0.25) is 0 Å². The zero-order valence-corrected chi connectivity index (χ0v) is 14.7. The topological polar surface area (TPSA) is 41.6 Å². The number of likely N-dealkylation sites (tertiary alicyclic amines) is 1. The largest absolute Gasteiger partial charge is 0.497 e. The number of methoxy groups -OCH3 is 1. The number of nitrogens with zero attached hydrogens (tertiary/aromatic N) is 1. The van der Waals surface area contributed by atoms with Gasteiger partial charge in [-0.2, -0.15) is 0 Å². The van der Waals surface area contributed by atoms with Crippen molar-refractivity contribution < 1.29 is 18.3 Å².